The number of aromatic nitrogens is 2. The summed E-state index contributed by atoms with van der Waals surface area (Å²) in [5.74, 6) is -1.83. The fourth-order valence-electron chi connectivity index (χ4n) is 4.61. The molecule has 1 aromatic carbocycles. The van der Waals surface area contributed by atoms with Crippen LogP contribution in [0.2, 0.25) is 0 Å². The Morgan fingerprint density at radius 1 is 1.27 bits per heavy atom. The van der Waals surface area contributed by atoms with E-state index >= 15 is 0 Å². The Bertz CT molecular complexity index is 1260. The molecular formula is C23H25N3O4. The fraction of sp³-hybridized carbons (Fsp3) is 0.391. The number of aryl methyl sites for hydroxylation is 2. The summed E-state index contributed by atoms with van der Waals surface area (Å²) in [5, 5.41) is 24.6. The van der Waals surface area contributed by atoms with E-state index in [1.54, 1.807) is 0 Å². The van der Waals surface area contributed by atoms with E-state index in [1.807, 2.05) is 12.1 Å². The minimum Gasteiger partial charge on any atom is -0.506 e. The van der Waals surface area contributed by atoms with Gasteiger partial charge in [-0.05, 0) is 56.7 Å². The Hall–Kier alpha value is -3.06. The number of H-pyrrole nitrogens is 1. The molecule has 2 aliphatic carbocycles. The molecule has 2 aliphatic rings. The average Bonchev–Trinajstić information content (AvgIpc) is 3.38. The molecule has 0 radical (unpaired) electrons. The van der Waals surface area contributed by atoms with Crippen molar-refractivity contribution in [2.45, 2.75) is 51.1 Å². The van der Waals surface area contributed by atoms with Gasteiger partial charge >= 0.3 is 5.97 Å². The summed E-state index contributed by atoms with van der Waals surface area (Å²) < 4.78 is 2.20. The topological polar surface area (TPSA) is 107 Å². The van der Waals surface area contributed by atoms with Crippen LogP contribution in [0.25, 0.3) is 22.2 Å². The van der Waals surface area contributed by atoms with Crippen LogP contribution >= 0.6 is 0 Å². The average molecular weight is 407 g/mol. The highest BCUT2D eigenvalue weighted by Gasteiger charge is 2.36. The summed E-state index contributed by atoms with van der Waals surface area (Å²) in [6, 6.07) is 6.21. The third-order valence-electron chi connectivity index (χ3n) is 6.76. The highest BCUT2D eigenvalue weighted by Crippen LogP contribution is 2.40. The second-order valence-corrected chi connectivity index (χ2v) is 8.82. The Morgan fingerprint density at radius 3 is 2.70 bits per heavy atom. The molecule has 0 aliphatic heterocycles. The van der Waals surface area contributed by atoms with Crippen molar-refractivity contribution in [1.29, 1.82) is 0 Å². The van der Waals surface area contributed by atoms with Crippen molar-refractivity contribution in [3.05, 3.63) is 50.9 Å². The SMILES string of the molecule is Cn1c(CNC2(C)CC2)cc2c3c(ccc21)-c1[nH]c(=O)c(C(=O)O)c(O)c1CCC3. The van der Waals surface area contributed by atoms with Gasteiger partial charge in [0.15, 0.2) is 5.56 Å². The van der Waals surface area contributed by atoms with Crippen molar-refractivity contribution in [2.75, 3.05) is 0 Å². The molecule has 1 saturated carbocycles. The van der Waals surface area contributed by atoms with Crippen LogP contribution in [0.3, 0.4) is 0 Å². The van der Waals surface area contributed by atoms with E-state index in [-0.39, 0.29) is 5.54 Å². The van der Waals surface area contributed by atoms with E-state index in [2.05, 4.69) is 34.9 Å². The molecule has 1 fully saturated rings. The standard InChI is InChI=1S/C23H25N3O4/c1-23(8-9-23)24-11-12-10-16-13-4-3-5-15-19(14(13)6-7-17(16)26(12)2)25-21(28)18(20(15)27)22(29)30/h6-7,10,24H,3-5,8-9,11H2,1-2H3,(H,29,30)(H2,25,27,28). The number of fused-ring (bicyclic) bond motifs is 5. The molecule has 0 unspecified atom stereocenters. The first-order chi connectivity index (χ1) is 14.3. The minimum absolute atomic E-state index is 0.255. The monoisotopic (exact) mass is 407 g/mol. The van der Waals surface area contributed by atoms with Crippen LogP contribution in [0.15, 0.2) is 23.0 Å². The number of aromatic hydroxyl groups is 1. The molecule has 3 aromatic rings. The van der Waals surface area contributed by atoms with E-state index in [4.69, 9.17) is 0 Å². The number of aromatic amines is 1. The zero-order chi connectivity index (χ0) is 21.2. The molecular weight excluding hydrogens is 382 g/mol. The zero-order valence-corrected chi connectivity index (χ0v) is 17.1. The smallest absolute Gasteiger partial charge is 0.345 e. The van der Waals surface area contributed by atoms with E-state index < -0.39 is 22.8 Å². The summed E-state index contributed by atoms with van der Waals surface area (Å²) >= 11 is 0. The Labute approximate surface area is 173 Å². The molecule has 0 atom stereocenters. The maximum atomic E-state index is 12.4. The van der Waals surface area contributed by atoms with Crippen LogP contribution in [0.1, 0.15) is 53.4 Å². The highest BCUT2D eigenvalue weighted by atomic mass is 16.4. The summed E-state index contributed by atoms with van der Waals surface area (Å²) in [5.41, 5.74) is 4.25. The molecule has 7 nitrogen and oxygen atoms in total. The highest BCUT2D eigenvalue weighted by molar-refractivity contribution is 5.94. The molecule has 0 spiro atoms. The van der Waals surface area contributed by atoms with Gasteiger partial charge in [0, 0.05) is 46.9 Å². The van der Waals surface area contributed by atoms with Crippen molar-refractivity contribution in [3.63, 3.8) is 0 Å². The van der Waals surface area contributed by atoms with E-state index in [0.29, 0.717) is 17.7 Å². The van der Waals surface area contributed by atoms with Gasteiger partial charge in [-0.2, -0.15) is 0 Å². The molecule has 7 heteroatoms. The van der Waals surface area contributed by atoms with Crippen LogP contribution in [0, 0.1) is 0 Å². The van der Waals surface area contributed by atoms with Crippen molar-refractivity contribution < 1.29 is 15.0 Å². The molecule has 30 heavy (non-hydrogen) atoms. The largest absolute Gasteiger partial charge is 0.506 e. The number of benzene rings is 1. The van der Waals surface area contributed by atoms with Gasteiger partial charge < -0.3 is 25.1 Å². The minimum atomic E-state index is -1.42. The zero-order valence-electron chi connectivity index (χ0n) is 17.1. The van der Waals surface area contributed by atoms with Crippen molar-refractivity contribution >= 4 is 16.9 Å². The summed E-state index contributed by atoms with van der Waals surface area (Å²) in [7, 11) is 2.07. The lowest BCUT2D eigenvalue weighted by Crippen LogP contribution is -2.27. The summed E-state index contributed by atoms with van der Waals surface area (Å²) in [4.78, 5) is 26.5. The van der Waals surface area contributed by atoms with Gasteiger partial charge in [0.25, 0.3) is 5.56 Å². The molecule has 0 saturated heterocycles. The molecule has 0 amide bonds. The number of nitrogens with zero attached hydrogens (tertiary/aromatic N) is 1. The lowest BCUT2D eigenvalue weighted by molar-refractivity contribution is 0.0691. The Balaban J connectivity index is 1.67. The lowest BCUT2D eigenvalue weighted by Gasteiger charge is -2.13. The number of hydrogen-bond donors (Lipinski definition) is 4. The molecule has 2 aromatic heterocycles. The normalized spacial score (nSPS) is 16.7. The number of carboxylic acid groups (broad SMARTS) is 1. The van der Waals surface area contributed by atoms with Gasteiger partial charge in [-0.1, -0.05) is 6.07 Å². The lowest BCUT2D eigenvalue weighted by atomic mass is 9.97. The molecule has 2 heterocycles. The number of rotatable bonds is 4. The van der Waals surface area contributed by atoms with Gasteiger partial charge in [0.1, 0.15) is 5.75 Å². The van der Waals surface area contributed by atoms with Crippen LogP contribution in [0.5, 0.6) is 5.75 Å². The van der Waals surface area contributed by atoms with Gasteiger partial charge in [0.2, 0.25) is 0 Å². The van der Waals surface area contributed by atoms with Crippen LogP contribution < -0.4 is 10.9 Å². The number of nitrogens with one attached hydrogen (secondary N) is 2. The Morgan fingerprint density at radius 2 is 2.00 bits per heavy atom. The number of pyridine rings is 1. The number of carbonyl (C=O) groups is 1. The van der Waals surface area contributed by atoms with Crippen LogP contribution in [0.4, 0.5) is 0 Å². The third-order valence-corrected chi connectivity index (χ3v) is 6.76. The van der Waals surface area contributed by atoms with Gasteiger partial charge in [-0.15, -0.1) is 0 Å². The van der Waals surface area contributed by atoms with Crippen molar-refractivity contribution in [2.24, 2.45) is 7.05 Å². The second kappa shape index (κ2) is 6.47. The van der Waals surface area contributed by atoms with Crippen molar-refractivity contribution in [1.82, 2.24) is 14.9 Å². The third kappa shape index (κ3) is 2.84. The van der Waals surface area contributed by atoms with E-state index in [9.17, 15) is 19.8 Å². The van der Waals surface area contributed by atoms with Crippen LogP contribution in [-0.2, 0) is 26.4 Å². The van der Waals surface area contributed by atoms with E-state index in [0.717, 1.165) is 41.4 Å². The first kappa shape index (κ1) is 18.9. The molecule has 4 N–H and O–H groups in total. The first-order valence-corrected chi connectivity index (χ1v) is 10.4. The van der Waals surface area contributed by atoms with Crippen LogP contribution in [-0.4, -0.2) is 31.3 Å². The first-order valence-electron chi connectivity index (χ1n) is 10.4. The quantitative estimate of drug-likeness (QED) is 0.532. The molecule has 0 bridgehead atoms. The maximum absolute atomic E-state index is 12.4. The number of aromatic carboxylic acids is 1. The maximum Gasteiger partial charge on any atom is 0.345 e. The van der Waals surface area contributed by atoms with Gasteiger partial charge in [-0.25, -0.2) is 4.79 Å². The van der Waals surface area contributed by atoms with E-state index in [1.165, 1.54) is 18.5 Å². The Kier molecular flexibility index (Phi) is 4.08. The van der Waals surface area contributed by atoms with Gasteiger partial charge in [-0.3, -0.25) is 4.79 Å². The van der Waals surface area contributed by atoms with Crippen molar-refractivity contribution in [3.8, 4) is 17.0 Å². The number of carboxylic acids is 1. The number of hydrogen-bond acceptors (Lipinski definition) is 4. The summed E-state index contributed by atoms with van der Waals surface area (Å²) in [6.45, 7) is 3.04. The van der Waals surface area contributed by atoms with Gasteiger partial charge in [0.05, 0.1) is 5.69 Å². The fourth-order valence-corrected chi connectivity index (χ4v) is 4.61. The predicted molar refractivity (Wildman–Crippen MR) is 114 cm³/mol. The summed E-state index contributed by atoms with van der Waals surface area (Å²) in [6.07, 6.45) is 4.47. The molecule has 156 valence electrons. The molecule has 5 rings (SSSR count). The second-order valence-electron chi connectivity index (χ2n) is 8.82. The predicted octanol–water partition coefficient (Wildman–Crippen LogP) is 3.07.